The molecule has 0 atom stereocenters. The summed E-state index contributed by atoms with van der Waals surface area (Å²) >= 11 is 1.45. The molecule has 0 spiro atoms. The van der Waals surface area contributed by atoms with Gasteiger partial charge in [-0.15, -0.1) is 11.3 Å². The molecule has 3 aromatic heterocycles. The van der Waals surface area contributed by atoms with Crippen LogP contribution in [0.1, 0.15) is 54.0 Å². The van der Waals surface area contributed by atoms with Gasteiger partial charge in [-0.1, -0.05) is 35.5 Å². The van der Waals surface area contributed by atoms with Crippen LogP contribution >= 0.6 is 11.3 Å². The van der Waals surface area contributed by atoms with Gasteiger partial charge >= 0.3 is 0 Å². The topological polar surface area (TPSA) is 101 Å². The summed E-state index contributed by atoms with van der Waals surface area (Å²) in [5.41, 5.74) is 6.32. The van der Waals surface area contributed by atoms with Gasteiger partial charge in [-0.05, 0) is 43.9 Å². The van der Waals surface area contributed by atoms with Crippen molar-refractivity contribution in [1.29, 1.82) is 0 Å². The molecule has 1 aromatic carbocycles. The lowest BCUT2D eigenvalue weighted by molar-refractivity contribution is 0.0733. The minimum atomic E-state index is -0.199. The van der Waals surface area contributed by atoms with E-state index in [0.29, 0.717) is 48.8 Å². The van der Waals surface area contributed by atoms with Gasteiger partial charge in [0.15, 0.2) is 0 Å². The second-order valence-electron chi connectivity index (χ2n) is 8.57. The summed E-state index contributed by atoms with van der Waals surface area (Å²) in [7, 11) is 0. The number of hydrogen-bond acceptors (Lipinski definition) is 7. The highest BCUT2D eigenvalue weighted by atomic mass is 32.1. The van der Waals surface area contributed by atoms with Crippen molar-refractivity contribution in [2.75, 3.05) is 6.54 Å². The van der Waals surface area contributed by atoms with Crippen LogP contribution in [0, 0.1) is 20.8 Å². The van der Waals surface area contributed by atoms with Crippen LogP contribution in [0.15, 0.2) is 46.4 Å². The first-order valence-corrected chi connectivity index (χ1v) is 12.3. The zero-order valence-electron chi connectivity index (χ0n) is 19.8. The monoisotopic (exact) mass is 487 g/mol. The predicted molar refractivity (Wildman–Crippen MR) is 132 cm³/mol. The van der Waals surface area contributed by atoms with Gasteiger partial charge in [-0.25, -0.2) is 4.98 Å². The number of amides is 2. The highest BCUT2D eigenvalue weighted by Gasteiger charge is 2.30. The Morgan fingerprint density at radius 3 is 2.71 bits per heavy atom. The first-order valence-electron chi connectivity index (χ1n) is 11.4. The van der Waals surface area contributed by atoms with Gasteiger partial charge < -0.3 is 14.7 Å². The van der Waals surface area contributed by atoms with Gasteiger partial charge in [0, 0.05) is 42.5 Å². The third-order valence-electron chi connectivity index (χ3n) is 6.28. The van der Waals surface area contributed by atoms with E-state index in [-0.39, 0.29) is 11.8 Å². The molecule has 178 valence electrons. The number of fused-ring (bicyclic) bond motifs is 1. The molecule has 0 aliphatic carbocycles. The Hall–Kier alpha value is -3.85. The molecule has 1 aliphatic heterocycles. The third kappa shape index (κ3) is 4.46. The predicted octanol–water partition coefficient (Wildman–Crippen LogP) is 4.25. The second kappa shape index (κ2) is 9.42. The molecule has 0 fully saturated rings. The Balaban J connectivity index is 1.36. The second-order valence-corrected chi connectivity index (χ2v) is 9.63. The number of hydrogen-bond donors (Lipinski definition) is 1. The Labute approximate surface area is 207 Å². The molecule has 0 radical (unpaired) electrons. The van der Waals surface area contributed by atoms with E-state index in [9.17, 15) is 9.59 Å². The first kappa shape index (κ1) is 22.9. The molecule has 2 amide bonds. The molecule has 4 aromatic rings. The minimum absolute atomic E-state index is 0.109. The number of pyridine rings is 1. The summed E-state index contributed by atoms with van der Waals surface area (Å²) in [5, 5.41) is 9.75. The van der Waals surface area contributed by atoms with Gasteiger partial charge in [0.05, 0.1) is 5.01 Å². The molecule has 1 N–H and O–H groups in total. The SMILES string of the molecule is Cc1nc(C(=O)NCc2c(C)ncc3c2CCN(C(=O)c2c(-c4ccccc4)noc2C)C3)cs1. The van der Waals surface area contributed by atoms with E-state index in [1.807, 2.05) is 55.3 Å². The van der Waals surface area contributed by atoms with Crippen LogP contribution in [-0.2, 0) is 19.5 Å². The lowest BCUT2D eigenvalue weighted by Crippen LogP contribution is -2.37. The van der Waals surface area contributed by atoms with Crippen LogP contribution in [0.25, 0.3) is 11.3 Å². The lowest BCUT2D eigenvalue weighted by atomic mass is 9.94. The fourth-order valence-electron chi connectivity index (χ4n) is 4.43. The third-order valence-corrected chi connectivity index (χ3v) is 7.06. The van der Waals surface area contributed by atoms with Crippen LogP contribution in [0.5, 0.6) is 0 Å². The Morgan fingerprint density at radius 1 is 1.17 bits per heavy atom. The summed E-state index contributed by atoms with van der Waals surface area (Å²) in [4.78, 5) is 36.7. The molecular weight excluding hydrogens is 462 g/mol. The van der Waals surface area contributed by atoms with E-state index in [4.69, 9.17) is 4.52 Å². The number of thiazole rings is 1. The van der Waals surface area contributed by atoms with Gasteiger partial charge in [-0.3, -0.25) is 14.6 Å². The minimum Gasteiger partial charge on any atom is -0.360 e. The fraction of sp³-hybridized carbons (Fsp3) is 0.269. The van der Waals surface area contributed by atoms with E-state index >= 15 is 0 Å². The van der Waals surface area contributed by atoms with E-state index in [0.717, 1.165) is 33.0 Å². The zero-order valence-corrected chi connectivity index (χ0v) is 20.6. The van der Waals surface area contributed by atoms with E-state index in [2.05, 4.69) is 20.4 Å². The Morgan fingerprint density at radius 2 is 1.97 bits per heavy atom. The largest absolute Gasteiger partial charge is 0.360 e. The molecule has 4 heterocycles. The van der Waals surface area contributed by atoms with Gasteiger partial charge in [0.25, 0.3) is 11.8 Å². The summed E-state index contributed by atoms with van der Waals surface area (Å²) in [6.07, 6.45) is 2.51. The summed E-state index contributed by atoms with van der Waals surface area (Å²) in [6.45, 7) is 6.94. The van der Waals surface area contributed by atoms with E-state index in [1.54, 1.807) is 12.3 Å². The smallest absolute Gasteiger partial charge is 0.271 e. The molecular formula is C26H25N5O3S. The van der Waals surface area contributed by atoms with Crippen LogP contribution in [-0.4, -0.2) is 38.4 Å². The number of nitrogens with zero attached hydrogens (tertiary/aromatic N) is 4. The average Bonchev–Trinajstić information content (AvgIpc) is 3.48. The maximum Gasteiger partial charge on any atom is 0.271 e. The first-order chi connectivity index (χ1) is 16.9. The van der Waals surface area contributed by atoms with Crippen LogP contribution in [0.4, 0.5) is 0 Å². The number of aromatic nitrogens is 3. The zero-order chi connectivity index (χ0) is 24.5. The Bertz CT molecular complexity index is 1410. The number of carbonyl (C=O) groups is 2. The van der Waals surface area contributed by atoms with Crippen LogP contribution < -0.4 is 5.32 Å². The number of rotatable bonds is 5. The average molecular weight is 488 g/mol. The summed E-state index contributed by atoms with van der Waals surface area (Å²) < 4.78 is 5.40. The molecule has 8 nitrogen and oxygen atoms in total. The number of nitrogens with one attached hydrogen (secondary N) is 1. The van der Waals surface area contributed by atoms with Crippen molar-refractivity contribution in [3.05, 3.63) is 86.3 Å². The standard InChI is InChI=1S/C26H25N5O3S/c1-15-21(12-28-25(32)22-14-35-17(3)29-22)20-9-10-31(13-19(20)11-27-15)26(33)23-16(2)34-30-24(23)18-7-5-4-6-8-18/h4-8,11,14H,9-10,12-13H2,1-3H3,(H,28,32). The van der Waals surface area contributed by atoms with Crippen molar-refractivity contribution < 1.29 is 14.1 Å². The number of benzene rings is 1. The maximum atomic E-state index is 13.6. The van der Waals surface area contributed by atoms with Crippen molar-refractivity contribution in [1.82, 2.24) is 25.3 Å². The van der Waals surface area contributed by atoms with Crippen LogP contribution in [0.3, 0.4) is 0 Å². The Kier molecular flexibility index (Phi) is 6.17. The van der Waals surface area contributed by atoms with Crippen molar-refractivity contribution in [3.63, 3.8) is 0 Å². The molecule has 0 saturated heterocycles. The van der Waals surface area contributed by atoms with Crippen LogP contribution in [0.2, 0.25) is 0 Å². The quantitative estimate of drug-likeness (QED) is 0.452. The maximum absolute atomic E-state index is 13.6. The van der Waals surface area contributed by atoms with Gasteiger partial charge in [-0.2, -0.15) is 0 Å². The highest BCUT2D eigenvalue weighted by molar-refractivity contribution is 7.09. The highest BCUT2D eigenvalue weighted by Crippen LogP contribution is 2.30. The van der Waals surface area contributed by atoms with E-state index in [1.165, 1.54) is 11.3 Å². The number of aryl methyl sites for hydroxylation is 3. The number of carbonyl (C=O) groups excluding carboxylic acids is 2. The van der Waals surface area contributed by atoms with Crippen molar-refractivity contribution in [2.45, 2.75) is 40.3 Å². The molecule has 9 heteroatoms. The van der Waals surface area contributed by atoms with Crippen molar-refractivity contribution in [3.8, 4) is 11.3 Å². The molecule has 0 unspecified atom stereocenters. The molecule has 0 bridgehead atoms. The summed E-state index contributed by atoms with van der Waals surface area (Å²) in [5.74, 6) is 0.195. The fourth-order valence-corrected chi connectivity index (χ4v) is 5.02. The lowest BCUT2D eigenvalue weighted by Gasteiger charge is -2.30. The van der Waals surface area contributed by atoms with Crippen molar-refractivity contribution in [2.24, 2.45) is 0 Å². The van der Waals surface area contributed by atoms with Gasteiger partial charge in [0.1, 0.15) is 22.7 Å². The summed E-state index contributed by atoms with van der Waals surface area (Å²) in [6, 6.07) is 9.58. The van der Waals surface area contributed by atoms with Gasteiger partial charge in [0.2, 0.25) is 0 Å². The van der Waals surface area contributed by atoms with Crippen molar-refractivity contribution >= 4 is 23.2 Å². The molecule has 5 rings (SSSR count). The molecule has 0 saturated carbocycles. The molecule has 35 heavy (non-hydrogen) atoms. The molecule has 1 aliphatic rings. The van der Waals surface area contributed by atoms with E-state index < -0.39 is 0 Å². The normalized spacial score (nSPS) is 12.9.